The van der Waals surface area contributed by atoms with Gasteiger partial charge in [0.05, 0.1) is 12.2 Å². The van der Waals surface area contributed by atoms with Gasteiger partial charge >= 0.3 is 0 Å². The maximum Gasteiger partial charge on any atom is 0.236 e. The maximum absolute atomic E-state index is 14.7. The number of nitrogens with zero attached hydrogens (tertiary/aromatic N) is 4. The molecule has 6 nitrogen and oxygen atoms in total. The molecule has 1 aromatic carbocycles. The van der Waals surface area contributed by atoms with Crippen molar-refractivity contribution in [1.29, 1.82) is 0 Å². The number of amides is 1. The Morgan fingerprint density at radius 1 is 1.24 bits per heavy atom. The number of hydrogen-bond donors (Lipinski definition) is 1. The van der Waals surface area contributed by atoms with E-state index in [4.69, 9.17) is 0 Å². The number of hydrogen-bond acceptors (Lipinski definition) is 3. The van der Waals surface area contributed by atoms with Gasteiger partial charge in [0, 0.05) is 48.1 Å². The summed E-state index contributed by atoms with van der Waals surface area (Å²) in [6, 6.07) is 8.23. The average Bonchev–Trinajstić information content (AvgIpc) is 3.43. The molecule has 178 valence electrons. The summed E-state index contributed by atoms with van der Waals surface area (Å²) in [4.78, 5) is 24.0. The number of aromatic amines is 1. The van der Waals surface area contributed by atoms with Crippen molar-refractivity contribution in [2.24, 2.45) is 0 Å². The van der Waals surface area contributed by atoms with Crippen LogP contribution in [0.1, 0.15) is 49.7 Å². The molecule has 0 spiro atoms. The summed E-state index contributed by atoms with van der Waals surface area (Å²) in [6.45, 7) is 6.43. The number of benzene rings is 1. The molecule has 0 aliphatic carbocycles. The van der Waals surface area contributed by atoms with Gasteiger partial charge in [-0.15, -0.1) is 0 Å². The zero-order valence-corrected chi connectivity index (χ0v) is 20.3. The lowest BCUT2D eigenvalue weighted by Gasteiger charge is -2.33. The number of imidazole rings is 1. The molecule has 0 saturated carbocycles. The van der Waals surface area contributed by atoms with Crippen LogP contribution in [-0.2, 0) is 4.79 Å². The van der Waals surface area contributed by atoms with Crippen LogP contribution in [0, 0.1) is 5.82 Å². The van der Waals surface area contributed by atoms with Crippen LogP contribution in [0.15, 0.2) is 42.9 Å². The van der Waals surface area contributed by atoms with Crippen molar-refractivity contribution < 1.29 is 9.18 Å². The fourth-order valence-electron chi connectivity index (χ4n) is 5.27. The number of rotatable bonds is 5. The van der Waals surface area contributed by atoms with E-state index >= 15 is 0 Å². The van der Waals surface area contributed by atoms with E-state index in [1.807, 2.05) is 30.1 Å². The maximum atomic E-state index is 14.7. The highest BCUT2D eigenvalue weighted by atomic mass is 19.1. The SMILES string of the molecule is CC(C)c1c(-c2cc(F)c3nccn3c2)[nH]c2ccc(C3CCN(C(=O)CN(C)C)CC3)cc12. The lowest BCUT2D eigenvalue weighted by molar-refractivity contribution is -0.132. The Morgan fingerprint density at radius 3 is 2.71 bits per heavy atom. The highest BCUT2D eigenvalue weighted by molar-refractivity contribution is 5.92. The quantitative estimate of drug-likeness (QED) is 0.454. The predicted octanol–water partition coefficient (Wildman–Crippen LogP) is 5.01. The van der Waals surface area contributed by atoms with Gasteiger partial charge in [0.1, 0.15) is 0 Å². The lowest BCUT2D eigenvalue weighted by atomic mass is 9.87. The molecule has 0 atom stereocenters. The van der Waals surface area contributed by atoms with Gasteiger partial charge < -0.3 is 19.2 Å². The van der Waals surface area contributed by atoms with Gasteiger partial charge in [-0.1, -0.05) is 19.9 Å². The van der Waals surface area contributed by atoms with Crippen LogP contribution < -0.4 is 0 Å². The summed E-state index contributed by atoms with van der Waals surface area (Å²) in [7, 11) is 3.86. The Morgan fingerprint density at radius 2 is 2.00 bits per heavy atom. The second-order valence-electron chi connectivity index (χ2n) is 10.0. The number of H-pyrrole nitrogens is 1. The van der Waals surface area contributed by atoms with E-state index in [0.29, 0.717) is 18.1 Å². The fourth-order valence-corrected chi connectivity index (χ4v) is 5.27. The third-order valence-electron chi connectivity index (χ3n) is 6.94. The van der Waals surface area contributed by atoms with E-state index in [-0.39, 0.29) is 17.6 Å². The fraction of sp³-hybridized carbons (Fsp3) is 0.407. The van der Waals surface area contributed by atoms with Gasteiger partial charge in [0.15, 0.2) is 11.5 Å². The van der Waals surface area contributed by atoms with Crippen molar-refractivity contribution >= 4 is 22.5 Å². The molecular formula is C27H32FN5O. The first-order valence-corrected chi connectivity index (χ1v) is 12.0. The van der Waals surface area contributed by atoms with Gasteiger partial charge in [-0.05, 0) is 68.1 Å². The number of halogens is 1. The summed E-state index contributed by atoms with van der Waals surface area (Å²) in [6.07, 6.45) is 7.27. The first kappa shape index (κ1) is 22.6. The van der Waals surface area contributed by atoms with Gasteiger partial charge in [-0.3, -0.25) is 4.79 Å². The minimum Gasteiger partial charge on any atom is -0.354 e. The first-order valence-electron chi connectivity index (χ1n) is 12.0. The minimum absolute atomic E-state index is 0.207. The predicted molar refractivity (Wildman–Crippen MR) is 134 cm³/mol. The molecule has 0 radical (unpaired) electrons. The van der Waals surface area contributed by atoms with Crippen LogP contribution >= 0.6 is 0 Å². The molecule has 1 fully saturated rings. The van der Waals surface area contributed by atoms with E-state index in [1.165, 1.54) is 16.5 Å². The van der Waals surface area contributed by atoms with E-state index in [0.717, 1.165) is 42.7 Å². The Bertz CT molecular complexity index is 1340. The average molecular weight is 462 g/mol. The largest absolute Gasteiger partial charge is 0.354 e. The number of likely N-dealkylation sites (tertiary alicyclic amines) is 1. The van der Waals surface area contributed by atoms with E-state index in [1.54, 1.807) is 22.9 Å². The third kappa shape index (κ3) is 4.09. The summed E-state index contributed by atoms with van der Waals surface area (Å²) in [5.41, 5.74) is 5.69. The summed E-state index contributed by atoms with van der Waals surface area (Å²) in [5, 5.41) is 1.19. The molecule has 4 heterocycles. The number of nitrogens with one attached hydrogen (secondary N) is 1. The number of fused-ring (bicyclic) bond motifs is 2. The van der Waals surface area contributed by atoms with Crippen molar-refractivity contribution in [3.05, 3.63) is 59.8 Å². The summed E-state index contributed by atoms with van der Waals surface area (Å²) in [5.74, 6) is 0.586. The molecule has 1 amide bonds. The Labute approximate surface area is 199 Å². The van der Waals surface area contributed by atoms with E-state index in [2.05, 4.69) is 42.0 Å². The van der Waals surface area contributed by atoms with E-state index in [9.17, 15) is 9.18 Å². The van der Waals surface area contributed by atoms with Gasteiger partial charge in [-0.2, -0.15) is 0 Å². The summed E-state index contributed by atoms with van der Waals surface area (Å²) >= 11 is 0. The first-order chi connectivity index (χ1) is 16.3. The van der Waals surface area contributed by atoms with Crippen LogP contribution in [0.5, 0.6) is 0 Å². The molecule has 3 aromatic heterocycles. The normalized spacial score (nSPS) is 15.3. The minimum atomic E-state index is -0.327. The molecule has 1 aliphatic heterocycles. The molecule has 5 rings (SSSR count). The molecule has 1 N–H and O–H groups in total. The van der Waals surface area contributed by atoms with Crippen molar-refractivity contribution in [2.45, 2.75) is 38.5 Å². The third-order valence-corrected chi connectivity index (χ3v) is 6.94. The van der Waals surface area contributed by atoms with Crippen molar-refractivity contribution in [3.8, 4) is 11.3 Å². The molecule has 34 heavy (non-hydrogen) atoms. The van der Waals surface area contributed by atoms with Crippen LogP contribution in [-0.4, -0.2) is 63.8 Å². The van der Waals surface area contributed by atoms with Crippen molar-refractivity contribution in [1.82, 2.24) is 24.2 Å². The number of aromatic nitrogens is 3. The highest BCUT2D eigenvalue weighted by Crippen LogP contribution is 2.38. The van der Waals surface area contributed by atoms with Crippen molar-refractivity contribution in [2.75, 3.05) is 33.7 Å². The van der Waals surface area contributed by atoms with E-state index < -0.39 is 0 Å². The van der Waals surface area contributed by atoms with Crippen molar-refractivity contribution in [3.63, 3.8) is 0 Å². The second kappa shape index (κ2) is 8.87. The topological polar surface area (TPSA) is 56.6 Å². The number of piperidine rings is 1. The lowest BCUT2D eigenvalue weighted by Crippen LogP contribution is -2.42. The molecule has 1 saturated heterocycles. The Hall–Kier alpha value is -3.19. The number of likely N-dealkylation sites (N-methyl/N-ethyl adjacent to an activating group) is 1. The van der Waals surface area contributed by atoms with Gasteiger partial charge in [-0.25, -0.2) is 9.37 Å². The molecule has 7 heteroatoms. The van der Waals surface area contributed by atoms with Gasteiger partial charge in [0.2, 0.25) is 5.91 Å². The molecule has 1 aliphatic rings. The molecule has 0 bridgehead atoms. The zero-order valence-electron chi connectivity index (χ0n) is 20.3. The number of pyridine rings is 1. The molecule has 4 aromatic rings. The van der Waals surface area contributed by atoms with Crippen LogP contribution in [0.2, 0.25) is 0 Å². The standard InChI is InChI=1S/C27H32FN5O/c1-17(2)25-21-13-19(18-7-10-32(11-8-18)24(34)16-31(3)4)5-6-23(21)30-26(25)20-14-22(28)27-29-9-12-33(27)15-20/h5-6,9,12-15,17-18,30H,7-8,10-11,16H2,1-4H3. The molecule has 0 unspecified atom stereocenters. The Balaban J connectivity index is 1.47. The molecular weight excluding hydrogens is 429 g/mol. The zero-order chi connectivity index (χ0) is 24.0. The highest BCUT2D eigenvalue weighted by Gasteiger charge is 2.25. The number of carbonyl (C=O) groups excluding carboxylic acids is 1. The Kier molecular flexibility index (Phi) is 5.90. The van der Waals surface area contributed by atoms with Crippen LogP contribution in [0.4, 0.5) is 4.39 Å². The van der Waals surface area contributed by atoms with Crippen LogP contribution in [0.3, 0.4) is 0 Å². The van der Waals surface area contributed by atoms with Crippen LogP contribution in [0.25, 0.3) is 27.8 Å². The summed E-state index contributed by atoms with van der Waals surface area (Å²) < 4.78 is 16.4. The smallest absolute Gasteiger partial charge is 0.236 e. The monoisotopic (exact) mass is 461 g/mol. The van der Waals surface area contributed by atoms with Gasteiger partial charge in [0.25, 0.3) is 0 Å². The number of carbonyl (C=O) groups is 1. The second-order valence-corrected chi connectivity index (χ2v) is 10.0.